The summed E-state index contributed by atoms with van der Waals surface area (Å²) in [6.45, 7) is 11.7. The Labute approximate surface area is 147 Å². The van der Waals surface area contributed by atoms with Gasteiger partial charge < -0.3 is 10.2 Å². The van der Waals surface area contributed by atoms with Crippen molar-refractivity contribution in [3.63, 3.8) is 0 Å². The highest BCUT2D eigenvalue weighted by Crippen LogP contribution is 2.05. The van der Waals surface area contributed by atoms with Crippen molar-refractivity contribution in [2.45, 2.75) is 72.3 Å². The Morgan fingerprint density at radius 3 is 2.25 bits per heavy atom. The fourth-order valence-corrected chi connectivity index (χ4v) is 2.87. The Morgan fingerprint density at radius 1 is 1.21 bits per heavy atom. The first-order valence-electron chi connectivity index (χ1n) is 9.51. The molecule has 0 aliphatic heterocycles. The minimum absolute atomic E-state index is 0.0757. The molecule has 0 spiro atoms. The van der Waals surface area contributed by atoms with E-state index in [2.05, 4.69) is 36.1 Å². The molecule has 1 rings (SSSR count). The molecule has 1 heterocycles. The van der Waals surface area contributed by atoms with Crippen LogP contribution < -0.4 is 5.32 Å². The third kappa shape index (κ3) is 7.47. The van der Waals surface area contributed by atoms with Crippen molar-refractivity contribution in [3.05, 3.63) is 17.5 Å². The van der Waals surface area contributed by atoms with E-state index in [0.29, 0.717) is 5.69 Å². The van der Waals surface area contributed by atoms with E-state index in [1.807, 2.05) is 20.0 Å². The molecule has 0 fully saturated rings. The van der Waals surface area contributed by atoms with Gasteiger partial charge in [0.2, 0.25) is 0 Å². The van der Waals surface area contributed by atoms with Crippen LogP contribution in [0, 0.1) is 6.92 Å². The lowest BCUT2D eigenvalue weighted by molar-refractivity contribution is 0.0922. The molecule has 1 unspecified atom stereocenters. The Morgan fingerprint density at radius 2 is 1.79 bits per heavy atom. The number of aromatic nitrogens is 2. The van der Waals surface area contributed by atoms with Gasteiger partial charge in [0, 0.05) is 25.3 Å². The van der Waals surface area contributed by atoms with E-state index in [9.17, 15) is 4.79 Å². The van der Waals surface area contributed by atoms with Crippen LogP contribution in [-0.4, -0.2) is 46.3 Å². The van der Waals surface area contributed by atoms with E-state index in [1.54, 1.807) is 4.68 Å². The van der Waals surface area contributed by atoms with Gasteiger partial charge in [-0.3, -0.25) is 9.48 Å². The molecule has 24 heavy (non-hydrogen) atoms. The predicted molar refractivity (Wildman–Crippen MR) is 100 cm³/mol. The number of nitrogens with zero attached hydrogens (tertiary/aromatic N) is 3. The first-order chi connectivity index (χ1) is 11.5. The quantitative estimate of drug-likeness (QED) is 0.594. The maximum absolute atomic E-state index is 12.3. The van der Waals surface area contributed by atoms with Crippen LogP contribution in [0.4, 0.5) is 0 Å². The molecule has 5 heteroatoms. The molecule has 0 aliphatic carbocycles. The van der Waals surface area contributed by atoms with E-state index in [-0.39, 0.29) is 11.9 Å². The summed E-state index contributed by atoms with van der Waals surface area (Å²) in [5.74, 6) is -0.0757. The molecule has 1 atom stereocenters. The molecule has 0 saturated carbocycles. The fraction of sp³-hybridized carbons (Fsp3) is 0.789. The minimum Gasteiger partial charge on any atom is -0.347 e. The van der Waals surface area contributed by atoms with Crippen molar-refractivity contribution >= 4 is 5.91 Å². The Hall–Kier alpha value is -1.36. The van der Waals surface area contributed by atoms with Crippen LogP contribution in [0.2, 0.25) is 0 Å². The number of carbonyl (C=O) groups is 1. The van der Waals surface area contributed by atoms with E-state index < -0.39 is 0 Å². The lowest BCUT2D eigenvalue weighted by atomic mass is 10.2. The first kappa shape index (κ1) is 20.7. The van der Waals surface area contributed by atoms with Crippen molar-refractivity contribution in [1.82, 2.24) is 20.0 Å². The summed E-state index contributed by atoms with van der Waals surface area (Å²) in [6, 6.07) is 1.96. The summed E-state index contributed by atoms with van der Waals surface area (Å²) in [4.78, 5) is 14.8. The molecule has 1 amide bonds. The maximum Gasteiger partial charge on any atom is 0.272 e. The number of rotatable bonds is 12. The van der Waals surface area contributed by atoms with E-state index >= 15 is 0 Å². The zero-order valence-corrected chi connectivity index (χ0v) is 16.3. The normalized spacial score (nSPS) is 12.6. The van der Waals surface area contributed by atoms with Crippen LogP contribution in [0.1, 0.15) is 75.5 Å². The van der Waals surface area contributed by atoms with Gasteiger partial charge in [-0.1, -0.05) is 39.5 Å². The Balaban J connectivity index is 2.49. The van der Waals surface area contributed by atoms with Gasteiger partial charge in [-0.15, -0.1) is 0 Å². The lowest BCUT2D eigenvalue weighted by Gasteiger charge is -2.26. The molecule has 1 aromatic rings. The van der Waals surface area contributed by atoms with Crippen molar-refractivity contribution in [3.8, 4) is 0 Å². The molecule has 1 N–H and O–H groups in total. The van der Waals surface area contributed by atoms with Gasteiger partial charge in [-0.25, -0.2) is 0 Å². The molecule has 1 aromatic heterocycles. The van der Waals surface area contributed by atoms with Gasteiger partial charge in [0.25, 0.3) is 5.91 Å². The third-order valence-corrected chi connectivity index (χ3v) is 4.41. The molecule has 0 radical (unpaired) electrons. The highest BCUT2D eigenvalue weighted by Gasteiger charge is 2.16. The van der Waals surface area contributed by atoms with Crippen molar-refractivity contribution < 1.29 is 4.79 Å². The Kier molecular flexibility index (Phi) is 9.69. The first-order valence-corrected chi connectivity index (χ1v) is 9.51. The summed E-state index contributed by atoms with van der Waals surface area (Å²) >= 11 is 0. The van der Waals surface area contributed by atoms with E-state index in [0.717, 1.165) is 25.3 Å². The van der Waals surface area contributed by atoms with Gasteiger partial charge in [-0.05, 0) is 45.8 Å². The topological polar surface area (TPSA) is 50.2 Å². The summed E-state index contributed by atoms with van der Waals surface area (Å²) in [5.41, 5.74) is 1.50. The second-order valence-corrected chi connectivity index (χ2v) is 6.88. The highest BCUT2D eigenvalue weighted by molar-refractivity contribution is 5.92. The number of unbranched alkanes of at least 4 members (excludes halogenated alkanes) is 4. The monoisotopic (exact) mass is 336 g/mol. The van der Waals surface area contributed by atoms with Crippen LogP contribution in [-0.2, 0) is 7.05 Å². The number of hydrogen-bond acceptors (Lipinski definition) is 3. The summed E-state index contributed by atoms with van der Waals surface area (Å²) < 4.78 is 1.74. The maximum atomic E-state index is 12.3. The summed E-state index contributed by atoms with van der Waals surface area (Å²) in [5, 5.41) is 7.35. The molecule has 5 nitrogen and oxygen atoms in total. The van der Waals surface area contributed by atoms with Crippen molar-refractivity contribution in [2.24, 2.45) is 7.05 Å². The number of hydrogen-bond donors (Lipinski definition) is 1. The Bertz CT molecular complexity index is 454. The van der Waals surface area contributed by atoms with Crippen molar-refractivity contribution in [2.75, 3.05) is 19.6 Å². The van der Waals surface area contributed by atoms with Crippen LogP contribution in [0.5, 0.6) is 0 Å². The average molecular weight is 337 g/mol. The summed E-state index contributed by atoms with van der Waals surface area (Å²) in [6.07, 6.45) is 7.52. The number of aryl methyl sites for hydroxylation is 2. The molecule has 138 valence electrons. The van der Waals surface area contributed by atoms with E-state index in [1.165, 1.54) is 38.5 Å². The van der Waals surface area contributed by atoms with Gasteiger partial charge in [0.05, 0.1) is 0 Å². The third-order valence-electron chi connectivity index (χ3n) is 4.41. The minimum atomic E-state index is -0.0757. The van der Waals surface area contributed by atoms with Crippen molar-refractivity contribution in [1.29, 1.82) is 0 Å². The van der Waals surface area contributed by atoms with Gasteiger partial charge in [0.1, 0.15) is 5.69 Å². The zero-order chi connectivity index (χ0) is 17.9. The summed E-state index contributed by atoms with van der Waals surface area (Å²) in [7, 11) is 1.86. The van der Waals surface area contributed by atoms with Crippen LogP contribution in [0.3, 0.4) is 0 Å². The molecule has 0 bridgehead atoms. The number of nitrogens with one attached hydrogen (secondary N) is 1. The number of amides is 1. The fourth-order valence-electron chi connectivity index (χ4n) is 2.87. The molecular formula is C19H36N4O. The second kappa shape index (κ2) is 11.2. The highest BCUT2D eigenvalue weighted by atomic mass is 16.2. The van der Waals surface area contributed by atoms with Crippen LogP contribution >= 0.6 is 0 Å². The zero-order valence-electron chi connectivity index (χ0n) is 16.3. The average Bonchev–Trinajstić information content (AvgIpc) is 2.87. The van der Waals surface area contributed by atoms with Crippen LogP contribution in [0.15, 0.2) is 6.07 Å². The predicted octanol–water partition coefficient (Wildman–Crippen LogP) is 3.53. The van der Waals surface area contributed by atoms with E-state index in [4.69, 9.17) is 0 Å². The van der Waals surface area contributed by atoms with Gasteiger partial charge in [0.15, 0.2) is 0 Å². The number of carbonyl (C=O) groups excluding carboxylic acids is 1. The standard InChI is InChI=1S/C19H36N4O/c1-6-8-10-12-23(13-11-9-7-2)15-16(3)20-19(24)18-14-17(4)22(5)21-18/h14,16H,6-13,15H2,1-5H3,(H,20,24). The van der Waals surface area contributed by atoms with Gasteiger partial charge >= 0.3 is 0 Å². The lowest BCUT2D eigenvalue weighted by Crippen LogP contribution is -2.42. The largest absolute Gasteiger partial charge is 0.347 e. The van der Waals surface area contributed by atoms with Gasteiger partial charge in [-0.2, -0.15) is 5.10 Å². The molecular weight excluding hydrogens is 300 g/mol. The van der Waals surface area contributed by atoms with Crippen LogP contribution in [0.25, 0.3) is 0 Å². The smallest absolute Gasteiger partial charge is 0.272 e. The molecule has 0 saturated heterocycles. The second-order valence-electron chi connectivity index (χ2n) is 6.88. The SMILES string of the molecule is CCCCCN(CCCCC)CC(C)NC(=O)c1cc(C)n(C)n1. The molecule has 0 aromatic carbocycles. The molecule has 0 aliphatic rings.